The third-order valence-electron chi connectivity index (χ3n) is 5.67. The van der Waals surface area contributed by atoms with Crippen LogP contribution < -0.4 is 16.2 Å². The highest BCUT2D eigenvalue weighted by atomic mass is 15.2. The van der Waals surface area contributed by atoms with Gasteiger partial charge in [0.15, 0.2) is 0 Å². The van der Waals surface area contributed by atoms with Crippen molar-refractivity contribution in [1.82, 2.24) is 4.57 Å². The van der Waals surface area contributed by atoms with E-state index in [1.54, 1.807) is 0 Å². The Morgan fingerprint density at radius 3 is 2.52 bits per heavy atom. The second-order valence-electron chi connectivity index (χ2n) is 7.32. The summed E-state index contributed by atoms with van der Waals surface area (Å²) in [6.07, 6.45) is 3.82. The number of anilines is 2. The largest absolute Gasteiger partial charge is 0.371 e. The molecule has 5 nitrogen and oxygen atoms in total. The summed E-state index contributed by atoms with van der Waals surface area (Å²) < 4.78 is 2.14. The van der Waals surface area contributed by atoms with Crippen LogP contribution in [-0.4, -0.2) is 17.7 Å². The van der Waals surface area contributed by atoms with Crippen LogP contribution in [0.3, 0.4) is 0 Å². The highest BCUT2D eigenvalue weighted by molar-refractivity contribution is 5.96. The van der Waals surface area contributed by atoms with Gasteiger partial charge in [0.2, 0.25) is 0 Å². The maximum Gasteiger partial charge on any atom is 0.102 e. The maximum atomic E-state index is 9.87. The van der Waals surface area contributed by atoms with Crippen molar-refractivity contribution in [2.75, 3.05) is 23.4 Å². The van der Waals surface area contributed by atoms with Gasteiger partial charge in [0.25, 0.3) is 0 Å². The fourth-order valence-electron chi connectivity index (χ4n) is 4.20. The summed E-state index contributed by atoms with van der Waals surface area (Å²) in [5.74, 6) is 5.56. The fourth-order valence-corrected chi connectivity index (χ4v) is 4.20. The molecule has 2 aromatic carbocycles. The predicted molar refractivity (Wildman–Crippen MR) is 112 cm³/mol. The second kappa shape index (κ2) is 6.98. The van der Waals surface area contributed by atoms with Gasteiger partial charge in [-0.1, -0.05) is 6.07 Å². The molecule has 0 bridgehead atoms. The molecule has 4 rings (SSSR count). The van der Waals surface area contributed by atoms with Gasteiger partial charge in [0.05, 0.1) is 22.5 Å². The number of hydrogen-bond acceptors (Lipinski definition) is 4. The molecule has 5 heteroatoms. The van der Waals surface area contributed by atoms with Crippen LogP contribution in [0.15, 0.2) is 36.4 Å². The standard InChI is InChI=1S/C22H25N5/c1-15-12-16(6-9-20(15)25-24)22-19(14-23)18-8-7-17(13-21(18)26(22)2)27-10-4-3-5-11-27/h6-9,12-13,25H,3-5,10-11,24H2,1-2H3. The van der Waals surface area contributed by atoms with Crippen LogP contribution in [0.25, 0.3) is 22.2 Å². The number of aromatic nitrogens is 1. The van der Waals surface area contributed by atoms with Crippen LogP contribution in [0.5, 0.6) is 0 Å². The molecule has 1 aliphatic rings. The van der Waals surface area contributed by atoms with E-state index in [0.717, 1.165) is 52.1 Å². The summed E-state index contributed by atoms with van der Waals surface area (Å²) in [7, 11) is 2.04. The van der Waals surface area contributed by atoms with Gasteiger partial charge in [0.1, 0.15) is 6.07 Å². The first kappa shape index (κ1) is 17.4. The van der Waals surface area contributed by atoms with Crippen molar-refractivity contribution >= 4 is 22.3 Å². The van der Waals surface area contributed by atoms with Gasteiger partial charge >= 0.3 is 0 Å². The van der Waals surface area contributed by atoms with E-state index in [2.05, 4.69) is 45.2 Å². The van der Waals surface area contributed by atoms with E-state index < -0.39 is 0 Å². The summed E-state index contributed by atoms with van der Waals surface area (Å²) >= 11 is 0. The molecular weight excluding hydrogens is 334 g/mol. The lowest BCUT2D eigenvalue weighted by Gasteiger charge is -2.28. The number of hydrazine groups is 1. The molecule has 3 aromatic rings. The average molecular weight is 359 g/mol. The SMILES string of the molecule is Cc1cc(-c2c(C#N)c3ccc(N4CCCCC4)cc3n2C)ccc1NN. The molecule has 1 aliphatic heterocycles. The summed E-state index contributed by atoms with van der Waals surface area (Å²) in [6, 6.07) is 15.0. The normalized spacial score (nSPS) is 14.4. The zero-order valence-corrected chi connectivity index (χ0v) is 15.9. The van der Waals surface area contributed by atoms with Crippen LogP contribution >= 0.6 is 0 Å². The van der Waals surface area contributed by atoms with Crippen LogP contribution in [0.1, 0.15) is 30.4 Å². The Kier molecular flexibility index (Phi) is 4.51. The van der Waals surface area contributed by atoms with E-state index in [-0.39, 0.29) is 0 Å². The van der Waals surface area contributed by atoms with Gasteiger partial charge in [-0.3, -0.25) is 5.84 Å². The molecule has 1 aromatic heterocycles. The highest BCUT2D eigenvalue weighted by Crippen LogP contribution is 2.36. The van der Waals surface area contributed by atoms with Crippen molar-refractivity contribution in [3.8, 4) is 17.3 Å². The molecule has 0 aliphatic carbocycles. The molecule has 138 valence electrons. The first-order valence-electron chi connectivity index (χ1n) is 9.49. The van der Waals surface area contributed by atoms with E-state index in [1.807, 2.05) is 26.1 Å². The number of rotatable bonds is 3. The predicted octanol–water partition coefficient (Wildman–Crippen LogP) is 4.30. The zero-order valence-electron chi connectivity index (χ0n) is 15.9. The zero-order chi connectivity index (χ0) is 19.0. The van der Waals surface area contributed by atoms with E-state index in [1.165, 1.54) is 24.9 Å². The molecule has 0 spiro atoms. The van der Waals surface area contributed by atoms with Gasteiger partial charge in [0, 0.05) is 31.2 Å². The van der Waals surface area contributed by atoms with E-state index in [0.29, 0.717) is 0 Å². The monoisotopic (exact) mass is 359 g/mol. The third-order valence-corrected chi connectivity index (χ3v) is 5.67. The topological polar surface area (TPSA) is 70.0 Å². The Morgan fingerprint density at radius 1 is 1.07 bits per heavy atom. The van der Waals surface area contributed by atoms with E-state index >= 15 is 0 Å². The number of nitrogens with two attached hydrogens (primary N) is 1. The van der Waals surface area contributed by atoms with Gasteiger partial charge in [-0.05, 0) is 67.6 Å². The lowest BCUT2D eigenvalue weighted by atomic mass is 10.0. The summed E-state index contributed by atoms with van der Waals surface area (Å²) in [5, 5.41) is 10.9. The van der Waals surface area contributed by atoms with Gasteiger partial charge in [-0.2, -0.15) is 5.26 Å². The Labute approximate surface area is 160 Å². The molecule has 0 unspecified atom stereocenters. The number of aryl methyl sites for hydroxylation is 2. The molecule has 1 fully saturated rings. The maximum absolute atomic E-state index is 9.87. The molecule has 0 atom stereocenters. The number of nitriles is 1. The quantitative estimate of drug-likeness (QED) is 0.540. The number of nitrogen functional groups attached to an aromatic ring is 1. The van der Waals surface area contributed by atoms with E-state index in [9.17, 15) is 5.26 Å². The summed E-state index contributed by atoms with van der Waals surface area (Å²) in [5.41, 5.74) is 9.71. The van der Waals surface area contributed by atoms with Crippen molar-refractivity contribution in [1.29, 1.82) is 5.26 Å². The van der Waals surface area contributed by atoms with E-state index in [4.69, 9.17) is 5.84 Å². The Morgan fingerprint density at radius 2 is 1.85 bits per heavy atom. The third kappa shape index (κ3) is 2.92. The minimum absolute atomic E-state index is 0.727. The summed E-state index contributed by atoms with van der Waals surface area (Å²) in [6.45, 7) is 4.24. The molecule has 2 heterocycles. The second-order valence-corrected chi connectivity index (χ2v) is 7.32. The number of benzene rings is 2. The van der Waals surface area contributed by atoms with Crippen molar-refractivity contribution in [2.45, 2.75) is 26.2 Å². The average Bonchev–Trinajstić information content (AvgIpc) is 3.00. The van der Waals surface area contributed by atoms with Crippen molar-refractivity contribution in [3.05, 3.63) is 47.5 Å². The Balaban J connectivity index is 1.87. The highest BCUT2D eigenvalue weighted by Gasteiger charge is 2.19. The number of nitrogens with one attached hydrogen (secondary N) is 1. The lowest BCUT2D eigenvalue weighted by Crippen LogP contribution is -2.29. The van der Waals surface area contributed by atoms with Crippen LogP contribution in [0.4, 0.5) is 11.4 Å². The molecule has 0 amide bonds. The molecule has 1 saturated heterocycles. The van der Waals surface area contributed by atoms with Gasteiger partial charge in [-0.15, -0.1) is 0 Å². The number of fused-ring (bicyclic) bond motifs is 1. The Hall–Kier alpha value is -2.97. The minimum Gasteiger partial charge on any atom is -0.371 e. The molecular formula is C22H25N5. The molecule has 27 heavy (non-hydrogen) atoms. The first-order valence-corrected chi connectivity index (χ1v) is 9.49. The number of nitrogens with zero attached hydrogens (tertiary/aromatic N) is 3. The Bertz CT molecular complexity index is 1040. The van der Waals surface area contributed by atoms with Crippen molar-refractivity contribution in [3.63, 3.8) is 0 Å². The van der Waals surface area contributed by atoms with Crippen LogP contribution in [0, 0.1) is 18.3 Å². The van der Waals surface area contributed by atoms with Gasteiger partial charge < -0.3 is 14.9 Å². The molecule has 0 saturated carbocycles. The van der Waals surface area contributed by atoms with Gasteiger partial charge in [-0.25, -0.2) is 0 Å². The van der Waals surface area contributed by atoms with Crippen LogP contribution in [-0.2, 0) is 7.05 Å². The van der Waals surface area contributed by atoms with Crippen molar-refractivity contribution < 1.29 is 0 Å². The first-order chi connectivity index (χ1) is 13.1. The molecule has 0 radical (unpaired) electrons. The number of hydrogen-bond donors (Lipinski definition) is 2. The minimum atomic E-state index is 0.727. The fraction of sp³-hybridized carbons (Fsp3) is 0.318. The number of piperidine rings is 1. The smallest absolute Gasteiger partial charge is 0.102 e. The summed E-state index contributed by atoms with van der Waals surface area (Å²) in [4.78, 5) is 2.45. The van der Waals surface area contributed by atoms with Crippen molar-refractivity contribution in [2.24, 2.45) is 12.9 Å². The lowest BCUT2D eigenvalue weighted by molar-refractivity contribution is 0.578. The van der Waals surface area contributed by atoms with Crippen LogP contribution in [0.2, 0.25) is 0 Å². The molecule has 3 N–H and O–H groups in total.